The van der Waals surface area contributed by atoms with Crippen molar-refractivity contribution in [2.75, 3.05) is 0 Å². The Bertz CT molecular complexity index is 680. The van der Waals surface area contributed by atoms with E-state index in [1.807, 2.05) is 49.4 Å². The van der Waals surface area contributed by atoms with Gasteiger partial charge in [-0.05, 0) is 22.8 Å². The van der Waals surface area contributed by atoms with E-state index in [4.69, 9.17) is 5.21 Å². The third-order valence-electron chi connectivity index (χ3n) is 3.79. The van der Waals surface area contributed by atoms with Crippen molar-refractivity contribution in [1.29, 1.82) is 0 Å². The summed E-state index contributed by atoms with van der Waals surface area (Å²) in [4.78, 5) is 23.6. The lowest BCUT2D eigenvalue weighted by molar-refractivity contribution is -0.130. The Kier molecular flexibility index (Phi) is 6.11. The summed E-state index contributed by atoms with van der Waals surface area (Å²) in [5, 5.41) is 13.7. The predicted octanol–water partition coefficient (Wildman–Crippen LogP) is 2.56. The lowest BCUT2D eigenvalue weighted by Gasteiger charge is -2.17. The molecule has 2 rings (SSSR count). The molecular weight excluding hydrogens is 292 g/mol. The first kappa shape index (κ1) is 17.0. The normalized spacial score (nSPS) is 11.9. The second-order valence-corrected chi connectivity index (χ2v) is 5.61. The van der Waals surface area contributed by atoms with Gasteiger partial charge in [0.2, 0.25) is 11.8 Å². The Morgan fingerprint density at radius 2 is 1.83 bits per heavy atom. The van der Waals surface area contributed by atoms with Crippen molar-refractivity contribution in [1.82, 2.24) is 10.8 Å². The number of hydrogen-bond donors (Lipinski definition) is 3. The molecule has 0 aliphatic heterocycles. The van der Waals surface area contributed by atoms with Crippen molar-refractivity contribution in [3.63, 3.8) is 0 Å². The molecule has 122 valence electrons. The summed E-state index contributed by atoms with van der Waals surface area (Å²) in [7, 11) is 0. The molecule has 0 saturated carbocycles. The summed E-state index contributed by atoms with van der Waals surface area (Å²) in [6.07, 6.45) is 1.88. The van der Waals surface area contributed by atoms with Crippen LogP contribution in [-0.2, 0) is 16.0 Å². The molecule has 0 bridgehead atoms. The highest BCUT2D eigenvalue weighted by molar-refractivity contribution is 5.90. The molecule has 23 heavy (non-hydrogen) atoms. The van der Waals surface area contributed by atoms with Crippen molar-refractivity contribution in [3.8, 4) is 0 Å². The Hall–Kier alpha value is -2.40. The molecule has 0 heterocycles. The SMILES string of the molecule is CCCC(CC(=O)NO)NC(=O)Cc1cccc2ccccc12. The summed E-state index contributed by atoms with van der Waals surface area (Å²) in [5.41, 5.74) is 2.57. The number of hydrogen-bond acceptors (Lipinski definition) is 3. The summed E-state index contributed by atoms with van der Waals surface area (Å²) < 4.78 is 0. The average molecular weight is 314 g/mol. The molecule has 2 aromatic rings. The van der Waals surface area contributed by atoms with Crippen molar-refractivity contribution < 1.29 is 14.8 Å². The van der Waals surface area contributed by atoms with E-state index in [1.54, 1.807) is 5.48 Å². The van der Waals surface area contributed by atoms with Crippen LogP contribution in [0.5, 0.6) is 0 Å². The summed E-state index contributed by atoms with van der Waals surface area (Å²) in [6, 6.07) is 13.6. The van der Waals surface area contributed by atoms with Crippen molar-refractivity contribution in [2.24, 2.45) is 0 Å². The fourth-order valence-electron chi connectivity index (χ4n) is 2.74. The van der Waals surface area contributed by atoms with Crippen LogP contribution in [0, 0.1) is 0 Å². The maximum Gasteiger partial charge on any atom is 0.245 e. The number of amides is 2. The van der Waals surface area contributed by atoms with Crippen LogP contribution in [0.3, 0.4) is 0 Å². The van der Waals surface area contributed by atoms with E-state index in [9.17, 15) is 9.59 Å². The minimum absolute atomic E-state index is 0.0750. The van der Waals surface area contributed by atoms with Gasteiger partial charge in [0.1, 0.15) is 0 Å². The van der Waals surface area contributed by atoms with E-state index in [1.165, 1.54) is 0 Å². The van der Waals surface area contributed by atoms with E-state index in [2.05, 4.69) is 5.32 Å². The van der Waals surface area contributed by atoms with E-state index >= 15 is 0 Å². The van der Waals surface area contributed by atoms with Gasteiger partial charge in [-0.1, -0.05) is 55.8 Å². The number of nitrogens with one attached hydrogen (secondary N) is 2. The van der Waals surface area contributed by atoms with Gasteiger partial charge < -0.3 is 5.32 Å². The number of fused-ring (bicyclic) bond motifs is 1. The summed E-state index contributed by atoms with van der Waals surface area (Å²) in [6.45, 7) is 1.99. The molecule has 3 N–H and O–H groups in total. The average Bonchev–Trinajstić information content (AvgIpc) is 2.55. The minimum Gasteiger partial charge on any atom is -0.353 e. The maximum atomic E-state index is 12.3. The van der Waals surface area contributed by atoms with Gasteiger partial charge in [-0.15, -0.1) is 0 Å². The summed E-state index contributed by atoms with van der Waals surface area (Å²) in [5.74, 6) is -0.612. The lowest BCUT2D eigenvalue weighted by Crippen LogP contribution is -2.39. The Morgan fingerprint density at radius 1 is 1.09 bits per heavy atom. The molecule has 0 radical (unpaired) electrons. The quantitative estimate of drug-likeness (QED) is 0.543. The molecule has 2 aromatic carbocycles. The number of benzene rings is 2. The molecule has 2 amide bonds. The minimum atomic E-state index is -0.492. The predicted molar refractivity (Wildman–Crippen MR) is 89.0 cm³/mol. The van der Waals surface area contributed by atoms with E-state index in [0.717, 1.165) is 22.8 Å². The van der Waals surface area contributed by atoms with Crippen LogP contribution >= 0.6 is 0 Å². The number of carbonyl (C=O) groups is 2. The number of hydroxylamine groups is 1. The van der Waals surface area contributed by atoms with Gasteiger partial charge in [0, 0.05) is 12.5 Å². The van der Waals surface area contributed by atoms with Gasteiger partial charge in [0.15, 0.2) is 0 Å². The van der Waals surface area contributed by atoms with E-state index in [-0.39, 0.29) is 24.8 Å². The molecular formula is C18H22N2O3. The molecule has 0 fully saturated rings. The molecule has 1 unspecified atom stereocenters. The zero-order chi connectivity index (χ0) is 16.7. The van der Waals surface area contributed by atoms with Gasteiger partial charge in [0.05, 0.1) is 6.42 Å². The molecule has 0 aliphatic rings. The van der Waals surface area contributed by atoms with E-state index in [0.29, 0.717) is 6.42 Å². The third-order valence-corrected chi connectivity index (χ3v) is 3.79. The van der Waals surface area contributed by atoms with Gasteiger partial charge >= 0.3 is 0 Å². The second-order valence-electron chi connectivity index (χ2n) is 5.61. The molecule has 0 saturated heterocycles. The second kappa shape index (κ2) is 8.29. The first-order valence-electron chi connectivity index (χ1n) is 7.83. The van der Waals surface area contributed by atoms with Crippen LogP contribution in [0.25, 0.3) is 10.8 Å². The van der Waals surface area contributed by atoms with Crippen LogP contribution in [-0.4, -0.2) is 23.1 Å². The zero-order valence-electron chi connectivity index (χ0n) is 13.2. The molecule has 0 aromatic heterocycles. The monoisotopic (exact) mass is 314 g/mol. The van der Waals surface area contributed by atoms with Crippen LogP contribution in [0.1, 0.15) is 31.7 Å². The van der Waals surface area contributed by atoms with Gasteiger partial charge in [-0.3, -0.25) is 14.8 Å². The van der Waals surface area contributed by atoms with Crippen molar-refractivity contribution >= 4 is 22.6 Å². The highest BCUT2D eigenvalue weighted by atomic mass is 16.5. The number of carbonyl (C=O) groups excluding carboxylic acids is 2. The fourth-order valence-corrected chi connectivity index (χ4v) is 2.74. The topological polar surface area (TPSA) is 78.4 Å². The molecule has 0 spiro atoms. The fraction of sp³-hybridized carbons (Fsp3) is 0.333. The Balaban J connectivity index is 2.06. The van der Waals surface area contributed by atoms with Crippen LogP contribution < -0.4 is 10.8 Å². The lowest BCUT2D eigenvalue weighted by atomic mass is 10.0. The highest BCUT2D eigenvalue weighted by Gasteiger charge is 2.16. The Labute approximate surface area is 135 Å². The molecule has 5 heteroatoms. The molecule has 5 nitrogen and oxygen atoms in total. The van der Waals surface area contributed by atoms with Crippen molar-refractivity contribution in [3.05, 3.63) is 48.0 Å². The van der Waals surface area contributed by atoms with Crippen molar-refractivity contribution in [2.45, 2.75) is 38.6 Å². The van der Waals surface area contributed by atoms with Gasteiger partial charge in [-0.25, -0.2) is 5.48 Å². The van der Waals surface area contributed by atoms with Gasteiger partial charge in [-0.2, -0.15) is 0 Å². The summed E-state index contributed by atoms with van der Waals surface area (Å²) >= 11 is 0. The van der Waals surface area contributed by atoms with Crippen LogP contribution in [0.2, 0.25) is 0 Å². The largest absolute Gasteiger partial charge is 0.353 e. The van der Waals surface area contributed by atoms with E-state index < -0.39 is 5.91 Å². The maximum absolute atomic E-state index is 12.3. The zero-order valence-corrected chi connectivity index (χ0v) is 13.2. The standard InChI is InChI=1S/C18H22N2O3/c1-2-6-15(12-18(22)20-23)19-17(21)11-14-9-5-8-13-7-3-4-10-16(13)14/h3-5,7-10,15,23H,2,6,11-12H2,1H3,(H,19,21)(H,20,22). The first-order valence-corrected chi connectivity index (χ1v) is 7.83. The smallest absolute Gasteiger partial charge is 0.245 e. The van der Waals surface area contributed by atoms with Gasteiger partial charge in [0.25, 0.3) is 0 Å². The van der Waals surface area contributed by atoms with Crippen LogP contribution in [0.4, 0.5) is 0 Å². The first-order chi connectivity index (χ1) is 11.1. The number of rotatable bonds is 7. The highest BCUT2D eigenvalue weighted by Crippen LogP contribution is 2.19. The third kappa shape index (κ3) is 4.79. The molecule has 1 atom stereocenters. The Morgan fingerprint density at radius 3 is 2.57 bits per heavy atom. The molecule has 0 aliphatic carbocycles. The van der Waals surface area contributed by atoms with Crippen LogP contribution in [0.15, 0.2) is 42.5 Å².